The topological polar surface area (TPSA) is 69.8 Å². The van der Waals surface area contributed by atoms with Crippen LogP contribution in [0.4, 0.5) is 11.6 Å². The molecule has 0 saturated heterocycles. The first-order valence-electron chi connectivity index (χ1n) is 10.1. The van der Waals surface area contributed by atoms with Crippen LogP contribution >= 0.6 is 11.6 Å². The molecule has 1 saturated carbocycles. The molecule has 0 spiro atoms. The van der Waals surface area contributed by atoms with Gasteiger partial charge in [-0.1, -0.05) is 23.7 Å². The highest BCUT2D eigenvalue weighted by Crippen LogP contribution is 2.33. The number of aromatic nitrogens is 5. The highest BCUT2D eigenvalue weighted by Gasteiger charge is 2.20. The van der Waals surface area contributed by atoms with Gasteiger partial charge in [-0.2, -0.15) is 10.2 Å². The molecular weight excluding hydrogens is 400 g/mol. The van der Waals surface area contributed by atoms with Gasteiger partial charge in [0.05, 0.1) is 23.4 Å². The van der Waals surface area contributed by atoms with E-state index in [1.807, 2.05) is 56.7 Å². The summed E-state index contributed by atoms with van der Waals surface area (Å²) in [5.74, 6) is 2.34. The Morgan fingerprint density at radius 2 is 1.93 bits per heavy atom. The zero-order chi connectivity index (χ0) is 20.7. The highest BCUT2D eigenvalue weighted by molar-refractivity contribution is 6.30. The fourth-order valence-corrected chi connectivity index (χ4v) is 4.13. The molecule has 1 fully saturated rings. The second kappa shape index (κ2) is 7.65. The summed E-state index contributed by atoms with van der Waals surface area (Å²) in [6.45, 7) is 0. The summed E-state index contributed by atoms with van der Waals surface area (Å²) in [7, 11) is 3.79. The largest absolute Gasteiger partial charge is 0.489 e. The van der Waals surface area contributed by atoms with E-state index in [0.29, 0.717) is 10.8 Å². The Morgan fingerprint density at radius 1 is 1.10 bits per heavy atom. The molecule has 3 heterocycles. The van der Waals surface area contributed by atoms with Crippen LogP contribution in [0.25, 0.3) is 22.3 Å². The fourth-order valence-electron chi connectivity index (χ4n) is 3.94. The van der Waals surface area contributed by atoms with Crippen LogP contribution in [0.1, 0.15) is 25.7 Å². The van der Waals surface area contributed by atoms with Gasteiger partial charge >= 0.3 is 0 Å². The molecule has 1 aliphatic carbocycles. The summed E-state index contributed by atoms with van der Waals surface area (Å²) in [5, 5.41) is 14.0. The molecule has 0 bridgehead atoms. The highest BCUT2D eigenvalue weighted by atomic mass is 35.5. The van der Waals surface area contributed by atoms with Crippen LogP contribution in [0.5, 0.6) is 5.75 Å². The van der Waals surface area contributed by atoms with Crippen molar-refractivity contribution in [2.24, 2.45) is 14.1 Å². The maximum absolute atomic E-state index is 6.33. The van der Waals surface area contributed by atoms with Crippen molar-refractivity contribution in [1.82, 2.24) is 24.5 Å². The number of benzene rings is 1. The monoisotopic (exact) mass is 422 g/mol. The number of fused-ring (bicyclic) bond motifs is 1. The second-order valence-corrected chi connectivity index (χ2v) is 8.15. The van der Waals surface area contributed by atoms with E-state index in [4.69, 9.17) is 21.3 Å². The third-order valence-electron chi connectivity index (χ3n) is 5.52. The molecule has 0 atom stereocenters. The molecule has 1 N–H and O–H groups in total. The Hall–Kier alpha value is -3.06. The number of nitrogens with zero attached hydrogens (tertiary/aromatic N) is 5. The van der Waals surface area contributed by atoms with Gasteiger partial charge in [0.25, 0.3) is 0 Å². The van der Waals surface area contributed by atoms with Gasteiger partial charge in [-0.05, 0) is 37.8 Å². The maximum atomic E-state index is 6.33. The van der Waals surface area contributed by atoms with Crippen LogP contribution in [0.2, 0.25) is 5.02 Å². The average Bonchev–Trinajstić information content (AvgIpc) is 3.45. The van der Waals surface area contributed by atoms with Crippen LogP contribution in [0.15, 0.2) is 42.6 Å². The Labute approximate surface area is 179 Å². The first kappa shape index (κ1) is 18.9. The van der Waals surface area contributed by atoms with Crippen molar-refractivity contribution in [3.63, 3.8) is 0 Å². The summed E-state index contributed by atoms with van der Waals surface area (Å²) in [5.41, 5.74) is 2.59. The summed E-state index contributed by atoms with van der Waals surface area (Å²) in [4.78, 5) is 4.75. The Kier molecular flexibility index (Phi) is 4.83. The zero-order valence-electron chi connectivity index (χ0n) is 17.0. The standard InChI is InChI=1S/C22H23ClN6O/c1-28-21(11-18(27-28)14-6-5-7-15(23)10-14)25-20-12-19(30-16-8-3-4-9-16)17-13-24-29(2)22(17)26-20/h5-7,10-13,16H,3-4,8-9H2,1-2H3,(H,25,26). The van der Waals surface area contributed by atoms with E-state index in [0.717, 1.165) is 46.7 Å². The van der Waals surface area contributed by atoms with Gasteiger partial charge in [0.2, 0.25) is 0 Å². The first-order valence-corrected chi connectivity index (χ1v) is 10.5. The molecule has 0 radical (unpaired) electrons. The third kappa shape index (κ3) is 3.61. The molecule has 0 amide bonds. The van der Waals surface area contributed by atoms with Crippen LogP contribution in [0, 0.1) is 0 Å². The molecule has 3 aromatic heterocycles. The summed E-state index contributed by atoms with van der Waals surface area (Å²) < 4.78 is 9.89. The first-order chi connectivity index (χ1) is 14.6. The number of halogens is 1. The number of anilines is 2. The molecular formula is C22H23ClN6O. The Balaban J connectivity index is 1.48. The number of rotatable bonds is 5. The lowest BCUT2D eigenvalue weighted by molar-refractivity contribution is 0.213. The van der Waals surface area contributed by atoms with Crippen LogP contribution in [-0.2, 0) is 14.1 Å². The number of pyridine rings is 1. The van der Waals surface area contributed by atoms with Gasteiger partial charge in [0.1, 0.15) is 17.4 Å². The quantitative estimate of drug-likeness (QED) is 0.485. The minimum atomic E-state index is 0.259. The van der Waals surface area contributed by atoms with Crippen molar-refractivity contribution >= 4 is 34.3 Å². The van der Waals surface area contributed by atoms with Crippen molar-refractivity contribution in [1.29, 1.82) is 0 Å². The molecule has 154 valence electrons. The number of hydrogen-bond donors (Lipinski definition) is 1. The van der Waals surface area contributed by atoms with Crippen LogP contribution in [0.3, 0.4) is 0 Å². The van der Waals surface area contributed by atoms with Crippen molar-refractivity contribution in [2.45, 2.75) is 31.8 Å². The van der Waals surface area contributed by atoms with Gasteiger partial charge in [-0.3, -0.25) is 9.36 Å². The Bertz CT molecular complexity index is 1210. The lowest BCUT2D eigenvalue weighted by atomic mass is 10.1. The predicted molar refractivity (Wildman–Crippen MR) is 118 cm³/mol. The van der Waals surface area contributed by atoms with E-state index in [-0.39, 0.29) is 6.10 Å². The van der Waals surface area contributed by atoms with Gasteiger partial charge in [0.15, 0.2) is 5.65 Å². The smallest absolute Gasteiger partial charge is 0.163 e. The number of aryl methyl sites for hydroxylation is 2. The molecule has 0 unspecified atom stereocenters. The molecule has 8 heteroatoms. The lowest BCUT2D eigenvalue weighted by Crippen LogP contribution is -2.11. The molecule has 7 nitrogen and oxygen atoms in total. The zero-order valence-corrected chi connectivity index (χ0v) is 17.7. The van der Waals surface area contributed by atoms with Crippen molar-refractivity contribution in [3.05, 3.63) is 47.6 Å². The predicted octanol–water partition coefficient (Wildman–Crippen LogP) is 5.09. The van der Waals surface area contributed by atoms with Gasteiger partial charge in [-0.15, -0.1) is 0 Å². The number of hydrogen-bond acceptors (Lipinski definition) is 5. The molecule has 5 rings (SSSR count). The Morgan fingerprint density at radius 3 is 2.73 bits per heavy atom. The molecule has 1 aliphatic rings. The normalized spacial score (nSPS) is 14.5. The average molecular weight is 423 g/mol. The van der Waals surface area contributed by atoms with E-state index in [2.05, 4.69) is 15.5 Å². The second-order valence-electron chi connectivity index (χ2n) is 7.71. The molecule has 30 heavy (non-hydrogen) atoms. The van der Waals surface area contributed by atoms with Crippen molar-refractivity contribution < 1.29 is 4.74 Å². The van der Waals surface area contributed by atoms with E-state index in [1.54, 1.807) is 9.36 Å². The SMILES string of the molecule is Cn1nc(-c2cccc(Cl)c2)cc1Nc1cc(OC2CCCC2)c2cnn(C)c2n1. The molecule has 4 aromatic rings. The summed E-state index contributed by atoms with van der Waals surface area (Å²) in [6.07, 6.45) is 6.71. The van der Waals surface area contributed by atoms with Gasteiger partial charge in [0, 0.05) is 36.8 Å². The maximum Gasteiger partial charge on any atom is 0.163 e. The fraction of sp³-hybridized carbons (Fsp3) is 0.318. The third-order valence-corrected chi connectivity index (χ3v) is 5.75. The summed E-state index contributed by atoms with van der Waals surface area (Å²) >= 11 is 6.14. The van der Waals surface area contributed by atoms with Gasteiger partial charge < -0.3 is 10.1 Å². The van der Waals surface area contributed by atoms with Crippen LogP contribution < -0.4 is 10.1 Å². The van der Waals surface area contributed by atoms with Crippen molar-refractivity contribution in [2.75, 3.05) is 5.32 Å². The van der Waals surface area contributed by atoms with Crippen molar-refractivity contribution in [3.8, 4) is 17.0 Å². The van der Waals surface area contributed by atoms with E-state index in [9.17, 15) is 0 Å². The van der Waals surface area contributed by atoms with E-state index in [1.165, 1.54) is 12.8 Å². The number of nitrogens with one attached hydrogen (secondary N) is 1. The lowest BCUT2D eigenvalue weighted by Gasteiger charge is -2.15. The van der Waals surface area contributed by atoms with E-state index >= 15 is 0 Å². The number of ether oxygens (including phenoxy) is 1. The van der Waals surface area contributed by atoms with Crippen LogP contribution in [-0.4, -0.2) is 30.6 Å². The summed E-state index contributed by atoms with van der Waals surface area (Å²) in [6, 6.07) is 11.6. The minimum absolute atomic E-state index is 0.259. The van der Waals surface area contributed by atoms with E-state index < -0.39 is 0 Å². The van der Waals surface area contributed by atoms with Gasteiger partial charge in [-0.25, -0.2) is 4.98 Å². The molecule has 0 aliphatic heterocycles. The molecule has 1 aromatic carbocycles. The minimum Gasteiger partial charge on any atom is -0.489 e.